The molecule has 1 rings (SSSR count). The van der Waals surface area contributed by atoms with E-state index in [4.69, 9.17) is 4.74 Å². The lowest BCUT2D eigenvalue weighted by Crippen LogP contribution is -2.14. The molecule has 0 amide bonds. The van der Waals surface area contributed by atoms with Crippen molar-refractivity contribution < 1.29 is 4.74 Å². The van der Waals surface area contributed by atoms with Crippen LogP contribution in [0.5, 0.6) is 5.75 Å². The Labute approximate surface area is 138 Å². The quantitative estimate of drug-likeness (QED) is 0.525. The summed E-state index contributed by atoms with van der Waals surface area (Å²) in [4.78, 5) is 0. The molecule has 2 nitrogen and oxygen atoms in total. The number of unbranched alkanes of at least 4 members (excludes halogenated alkanes) is 1. The van der Waals surface area contributed by atoms with Crippen LogP contribution in [0.25, 0.3) is 0 Å². The molecule has 0 fully saturated rings. The van der Waals surface area contributed by atoms with Gasteiger partial charge in [0.2, 0.25) is 0 Å². The summed E-state index contributed by atoms with van der Waals surface area (Å²) >= 11 is 3.63. The number of ether oxygens (including phenoxy) is 1. The lowest BCUT2D eigenvalue weighted by atomic mass is 10.0. The van der Waals surface area contributed by atoms with Gasteiger partial charge in [0.05, 0.1) is 11.1 Å². The maximum absolute atomic E-state index is 6.00. The molecular formula is C18H30BrNO. The third kappa shape index (κ3) is 7.32. The molecule has 0 saturated heterocycles. The van der Waals surface area contributed by atoms with E-state index in [2.05, 4.69) is 60.2 Å². The van der Waals surface area contributed by atoms with Crippen LogP contribution in [-0.4, -0.2) is 13.2 Å². The third-order valence-corrected chi connectivity index (χ3v) is 4.39. The van der Waals surface area contributed by atoms with Gasteiger partial charge >= 0.3 is 0 Å². The first kappa shape index (κ1) is 18.5. The summed E-state index contributed by atoms with van der Waals surface area (Å²) in [6.45, 7) is 9.48. The van der Waals surface area contributed by atoms with Crippen LogP contribution in [0.3, 0.4) is 0 Å². The van der Waals surface area contributed by atoms with E-state index in [1.54, 1.807) is 0 Å². The molecular weight excluding hydrogens is 326 g/mol. The maximum atomic E-state index is 6.00. The average molecular weight is 356 g/mol. The Morgan fingerprint density at radius 3 is 2.62 bits per heavy atom. The zero-order valence-corrected chi connectivity index (χ0v) is 15.3. The molecule has 0 aliphatic carbocycles. The van der Waals surface area contributed by atoms with Crippen molar-refractivity contribution in [2.75, 3.05) is 13.2 Å². The zero-order chi connectivity index (χ0) is 15.5. The second kappa shape index (κ2) is 11.1. The molecule has 21 heavy (non-hydrogen) atoms. The van der Waals surface area contributed by atoms with Gasteiger partial charge in [0.15, 0.2) is 0 Å². The van der Waals surface area contributed by atoms with E-state index in [9.17, 15) is 0 Å². The minimum atomic E-state index is 0.669. The largest absolute Gasteiger partial charge is 0.492 e. The first-order chi connectivity index (χ1) is 10.2. The van der Waals surface area contributed by atoms with Crippen LogP contribution in [0, 0.1) is 5.92 Å². The van der Waals surface area contributed by atoms with E-state index in [-0.39, 0.29) is 0 Å². The number of benzene rings is 1. The van der Waals surface area contributed by atoms with Gasteiger partial charge in [-0.25, -0.2) is 0 Å². The molecule has 0 heterocycles. The fourth-order valence-electron chi connectivity index (χ4n) is 2.29. The number of nitrogens with one attached hydrogen (secondary N) is 1. The highest BCUT2D eigenvalue weighted by molar-refractivity contribution is 9.10. The van der Waals surface area contributed by atoms with Crippen molar-refractivity contribution in [3.63, 3.8) is 0 Å². The second-order valence-electron chi connectivity index (χ2n) is 5.67. The summed E-state index contributed by atoms with van der Waals surface area (Å²) in [5, 5.41) is 3.42. The van der Waals surface area contributed by atoms with Gasteiger partial charge in [-0.05, 0) is 58.9 Å². The number of hydrogen-bond acceptors (Lipinski definition) is 2. The van der Waals surface area contributed by atoms with Crippen LogP contribution in [0.1, 0.15) is 58.4 Å². The number of rotatable bonds is 11. The van der Waals surface area contributed by atoms with E-state index in [0.29, 0.717) is 5.92 Å². The van der Waals surface area contributed by atoms with Gasteiger partial charge in [-0.2, -0.15) is 0 Å². The predicted octanol–water partition coefficient (Wildman–Crippen LogP) is 5.54. The van der Waals surface area contributed by atoms with Gasteiger partial charge in [0, 0.05) is 6.54 Å². The van der Waals surface area contributed by atoms with Gasteiger partial charge in [0.1, 0.15) is 5.75 Å². The first-order valence-electron chi connectivity index (χ1n) is 8.33. The van der Waals surface area contributed by atoms with Crippen LogP contribution < -0.4 is 10.1 Å². The summed E-state index contributed by atoms with van der Waals surface area (Å²) in [7, 11) is 0. The van der Waals surface area contributed by atoms with E-state index >= 15 is 0 Å². The first-order valence-corrected chi connectivity index (χ1v) is 9.12. The molecule has 0 bridgehead atoms. The minimum Gasteiger partial charge on any atom is -0.492 e. The van der Waals surface area contributed by atoms with Crippen molar-refractivity contribution in [3.05, 3.63) is 28.2 Å². The average Bonchev–Trinajstić information content (AvgIpc) is 2.49. The Morgan fingerprint density at radius 1 is 1.19 bits per heavy atom. The van der Waals surface area contributed by atoms with Crippen LogP contribution in [0.4, 0.5) is 0 Å². The van der Waals surface area contributed by atoms with Gasteiger partial charge in [-0.1, -0.05) is 46.1 Å². The van der Waals surface area contributed by atoms with Gasteiger partial charge in [0.25, 0.3) is 0 Å². The Hall–Kier alpha value is -0.540. The highest BCUT2D eigenvalue weighted by Gasteiger charge is 2.09. The predicted molar refractivity (Wildman–Crippen MR) is 94.9 cm³/mol. The van der Waals surface area contributed by atoms with Crippen molar-refractivity contribution in [2.45, 2.75) is 59.4 Å². The molecule has 0 saturated carbocycles. The summed E-state index contributed by atoms with van der Waals surface area (Å²) in [5.41, 5.74) is 1.29. The Morgan fingerprint density at radius 2 is 2.00 bits per heavy atom. The molecule has 0 radical (unpaired) electrons. The fourth-order valence-corrected chi connectivity index (χ4v) is 2.83. The standard InChI is InChI=1S/C18H30BrNO/c1-4-7-8-15(6-3)14-21-18-10-9-16(12-17(18)19)13-20-11-5-2/h9-10,12,15,20H,4-8,11,13-14H2,1-3H3. The third-order valence-electron chi connectivity index (χ3n) is 3.77. The molecule has 1 unspecified atom stereocenters. The van der Waals surface area contributed by atoms with Crippen molar-refractivity contribution in [1.29, 1.82) is 0 Å². The van der Waals surface area contributed by atoms with Crippen LogP contribution in [-0.2, 0) is 6.54 Å². The van der Waals surface area contributed by atoms with Gasteiger partial charge in [-0.3, -0.25) is 0 Å². The Kier molecular flexibility index (Phi) is 9.77. The molecule has 0 spiro atoms. The van der Waals surface area contributed by atoms with E-state index in [1.807, 2.05) is 0 Å². The molecule has 0 aromatic heterocycles. The van der Waals surface area contributed by atoms with Crippen LogP contribution in [0.2, 0.25) is 0 Å². The Bertz CT molecular complexity index is 395. The molecule has 3 heteroatoms. The van der Waals surface area contributed by atoms with Crippen molar-refractivity contribution in [1.82, 2.24) is 5.32 Å². The van der Waals surface area contributed by atoms with Crippen LogP contribution >= 0.6 is 15.9 Å². The SMILES string of the molecule is CCCCC(CC)COc1ccc(CNCCC)cc1Br. The van der Waals surface area contributed by atoms with Crippen molar-refractivity contribution in [3.8, 4) is 5.75 Å². The molecule has 1 aromatic carbocycles. The normalized spacial score (nSPS) is 12.4. The maximum Gasteiger partial charge on any atom is 0.133 e. The summed E-state index contributed by atoms with van der Waals surface area (Å²) in [5.74, 6) is 1.63. The zero-order valence-electron chi connectivity index (χ0n) is 13.8. The monoisotopic (exact) mass is 355 g/mol. The molecule has 1 N–H and O–H groups in total. The van der Waals surface area contributed by atoms with Gasteiger partial charge < -0.3 is 10.1 Å². The van der Waals surface area contributed by atoms with Crippen molar-refractivity contribution >= 4 is 15.9 Å². The molecule has 120 valence electrons. The molecule has 1 aromatic rings. The van der Waals surface area contributed by atoms with E-state index < -0.39 is 0 Å². The van der Waals surface area contributed by atoms with Crippen molar-refractivity contribution in [2.24, 2.45) is 5.92 Å². The number of halogens is 1. The molecule has 0 aliphatic heterocycles. The second-order valence-corrected chi connectivity index (χ2v) is 6.52. The van der Waals surface area contributed by atoms with Gasteiger partial charge in [-0.15, -0.1) is 0 Å². The van der Waals surface area contributed by atoms with E-state index in [0.717, 1.165) is 29.9 Å². The Balaban J connectivity index is 2.47. The smallest absolute Gasteiger partial charge is 0.133 e. The van der Waals surface area contributed by atoms with E-state index in [1.165, 1.54) is 37.7 Å². The summed E-state index contributed by atoms with van der Waals surface area (Å²) < 4.78 is 7.06. The van der Waals surface area contributed by atoms with Crippen LogP contribution in [0.15, 0.2) is 22.7 Å². The number of hydrogen-bond donors (Lipinski definition) is 1. The highest BCUT2D eigenvalue weighted by Crippen LogP contribution is 2.27. The lowest BCUT2D eigenvalue weighted by molar-refractivity contribution is 0.232. The minimum absolute atomic E-state index is 0.669. The topological polar surface area (TPSA) is 21.3 Å². The fraction of sp³-hybridized carbons (Fsp3) is 0.667. The molecule has 0 aliphatic rings. The summed E-state index contributed by atoms with van der Waals surface area (Å²) in [6.07, 6.45) is 6.18. The summed E-state index contributed by atoms with van der Waals surface area (Å²) in [6, 6.07) is 6.39. The highest BCUT2D eigenvalue weighted by atomic mass is 79.9. The lowest BCUT2D eigenvalue weighted by Gasteiger charge is -2.16. The molecule has 1 atom stereocenters.